The fraction of sp³-hybridized carbons (Fsp3) is 0.967. The molecule has 0 spiro atoms. The Kier molecular flexibility index (Phi) is 27.2. The lowest BCUT2D eigenvalue weighted by molar-refractivity contribution is 0.109. The van der Waals surface area contributed by atoms with Gasteiger partial charge in [-0.2, -0.15) is 5.26 Å². The Balaban J connectivity index is 3.97. The molecular weight excluding hydrogens is 404 g/mol. The summed E-state index contributed by atoms with van der Waals surface area (Å²) in [7, 11) is 0. The van der Waals surface area contributed by atoms with Crippen molar-refractivity contribution in [3.05, 3.63) is 0 Å². The minimum atomic E-state index is -0.206. The van der Waals surface area contributed by atoms with E-state index in [9.17, 15) is 5.11 Å². The molecule has 196 valence electrons. The van der Waals surface area contributed by atoms with Gasteiger partial charge in [-0.1, -0.05) is 136 Å². The van der Waals surface area contributed by atoms with E-state index in [2.05, 4.69) is 25.2 Å². The van der Waals surface area contributed by atoms with E-state index < -0.39 is 0 Å². The van der Waals surface area contributed by atoms with Crippen LogP contribution in [-0.4, -0.2) is 23.8 Å². The summed E-state index contributed by atoms with van der Waals surface area (Å²) in [6.45, 7) is 5.61. The van der Waals surface area contributed by atoms with E-state index in [1.807, 2.05) is 0 Å². The lowest BCUT2D eigenvalue weighted by Crippen LogP contribution is -2.40. The monoisotopic (exact) mass is 464 g/mol. The highest BCUT2D eigenvalue weighted by Gasteiger charge is 2.17. The summed E-state index contributed by atoms with van der Waals surface area (Å²) < 4.78 is 0. The number of rotatable bonds is 27. The molecule has 0 aromatic rings. The summed E-state index contributed by atoms with van der Waals surface area (Å²) in [4.78, 5) is 0. The largest absolute Gasteiger partial charge is 0.392 e. The molecule has 0 aliphatic carbocycles. The topological polar surface area (TPSA) is 56.0 Å². The Morgan fingerprint density at radius 3 is 1.52 bits per heavy atom. The smallest absolute Gasteiger partial charge is 0.0693 e. The zero-order chi connectivity index (χ0) is 24.2. The highest BCUT2D eigenvalue weighted by atomic mass is 16.3. The van der Waals surface area contributed by atoms with Crippen LogP contribution in [0.1, 0.15) is 168 Å². The van der Waals surface area contributed by atoms with Gasteiger partial charge in [-0.3, -0.25) is 0 Å². The van der Waals surface area contributed by atoms with Crippen LogP contribution < -0.4 is 5.32 Å². The predicted octanol–water partition coefficient (Wildman–Crippen LogP) is 9.23. The van der Waals surface area contributed by atoms with Crippen LogP contribution in [-0.2, 0) is 0 Å². The highest BCUT2D eigenvalue weighted by molar-refractivity contribution is 4.76. The van der Waals surface area contributed by atoms with Gasteiger partial charge in [0.1, 0.15) is 0 Å². The molecule has 0 radical (unpaired) electrons. The molecule has 0 aromatic heterocycles. The van der Waals surface area contributed by atoms with Crippen molar-refractivity contribution in [2.45, 2.75) is 180 Å². The third kappa shape index (κ3) is 24.3. The SMILES string of the molecule is CCCCCCCCCCCCNC(CCCCCCCC)C(O)CCCCCCCC#N. The fourth-order valence-electron chi connectivity index (χ4n) is 4.76. The van der Waals surface area contributed by atoms with Gasteiger partial charge in [0.2, 0.25) is 0 Å². The number of hydrogen-bond acceptors (Lipinski definition) is 3. The Bertz CT molecular complexity index is 407. The summed E-state index contributed by atoms with van der Waals surface area (Å²) in [5.74, 6) is 0. The first-order valence-electron chi connectivity index (χ1n) is 15.0. The minimum absolute atomic E-state index is 0.206. The maximum Gasteiger partial charge on any atom is 0.0693 e. The van der Waals surface area contributed by atoms with Crippen molar-refractivity contribution in [2.24, 2.45) is 0 Å². The average Bonchev–Trinajstić information content (AvgIpc) is 2.82. The molecule has 0 bridgehead atoms. The Morgan fingerprint density at radius 2 is 1.00 bits per heavy atom. The molecule has 0 aliphatic heterocycles. The van der Waals surface area contributed by atoms with Gasteiger partial charge in [0.15, 0.2) is 0 Å². The number of nitriles is 1. The lowest BCUT2D eigenvalue weighted by Gasteiger charge is -2.24. The van der Waals surface area contributed by atoms with Gasteiger partial charge in [0, 0.05) is 12.5 Å². The van der Waals surface area contributed by atoms with E-state index in [0.29, 0.717) is 6.42 Å². The third-order valence-electron chi connectivity index (χ3n) is 7.06. The quantitative estimate of drug-likeness (QED) is 0.119. The van der Waals surface area contributed by atoms with Crippen LogP contribution in [0.3, 0.4) is 0 Å². The van der Waals surface area contributed by atoms with Gasteiger partial charge in [0.25, 0.3) is 0 Å². The molecule has 0 saturated carbocycles. The molecule has 33 heavy (non-hydrogen) atoms. The predicted molar refractivity (Wildman–Crippen MR) is 146 cm³/mol. The minimum Gasteiger partial charge on any atom is -0.392 e. The van der Waals surface area contributed by atoms with Gasteiger partial charge in [-0.15, -0.1) is 0 Å². The van der Waals surface area contributed by atoms with Crippen molar-refractivity contribution >= 4 is 0 Å². The van der Waals surface area contributed by atoms with Crippen molar-refractivity contribution in [1.82, 2.24) is 5.32 Å². The summed E-state index contributed by atoms with van der Waals surface area (Å²) in [5, 5.41) is 23.2. The van der Waals surface area contributed by atoms with E-state index in [1.165, 1.54) is 116 Å². The molecule has 0 fully saturated rings. The van der Waals surface area contributed by atoms with Crippen molar-refractivity contribution in [2.75, 3.05) is 6.54 Å². The summed E-state index contributed by atoms with van der Waals surface area (Å²) in [6.07, 6.45) is 29.9. The summed E-state index contributed by atoms with van der Waals surface area (Å²) in [5.41, 5.74) is 0. The average molecular weight is 465 g/mol. The van der Waals surface area contributed by atoms with Crippen LogP contribution in [0.25, 0.3) is 0 Å². The van der Waals surface area contributed by atoms with Crippen LogP contribution in [0.4, 0.5) is 0 Å². The highest BCUT2D eigenvalue weighted by Crippen LogP contribution is 2.16. The Labute approximate surface area is 208 Å². The standard InChI is InChI=1S/C30H60N2O/c1-3-5-7-9-11-12-13-16-20-24-28-32-29(25-21-17-10-8-6-4-2)30(33)26-22-18-14-15-19-23-27-31/h29-30,32-33H,3-26,28H2,1-2H3. The lowest BCUT2D eigenvalue weighted by atomic mass is 9.97. The zero-order valence-corrected chi connectivity index (χ0v) is 22.7. The number of aliphatic hydroxyl groups is 1. The number of nitrogens with one attached hydrogen (secondary N) is 1. The number of nitrogens with zero attached hydrogens (tertiary/aromatic N) is 1. The molecular formula is C30H60N2O. The second kappa shape index (κ2) is 27.7. The number of unbranched alkanes of at least 4 members (excludes halogenated alkanes) is 19. The molecule has 3 heteroatoms. The van der Waals surface area contributed by atoms with Gasteiger partial charge in [-0.25, -0.2) is 0 Å². The molecule has 0 amide bonds. The second-order valence-corrected chi connectivity index (χ2v) is 10.3. The molecule has 0 aliphatic rings. The van der Waals surface area contributed by atoms with Gasteiger partial charge >= 0.3 is 0 Å². The second-order valence-electron chi connectivity index (χ2n) is 10.3. The van der Waals surface area contributed by atoms with Crippen LogP contribution in [0.2, 0.25) is 0 Å². The van der Waals surface area contributed by atoms with E-state index in [1.54, 1.807) is 0 Å². The first kappa shape index (κ1) is 32.4. The van der Waals surface area contributed by atoms with Crippen molar-refractivity contribution in [3.8, 4) is 6.07 Å². The Hall–Kier alpha value is -0.590. The van der Waals surface area contributed by atoms with Crippen molar-refractivity contribution < 1.29 is 5.11 Å². The summed E-state index contributed by atoms with van der Waals surface area (Å²) >= 11 is 0. The molecule has 2 unspecified atom stereocenters. The van der Waals surface area contributed by atoms with Gasteiger partial charge in [0.05, 0.1) is 12.2 Å². The first-order valence-corrected chi connectivity index (χ1v) is 15.0. The number of hydrogen-bond donors (Lipinski definition) is 2. The molecule has 3 nitrogen and oxygen atoms in total. The van der Waals surface area contributed by atoms with Gasteiger partial charge in [-0.05, 0) is 32.2 Å². The molecule has 2 N–H and O–H groups in total. The van der Waals surface area contributed by atoms with E-state index in [4.69, 9.17) is 5.26 Å². The van der Waals surface area contributed by atoms with E-state index in [0.717, 1.165) is 38.6 Å². The van der Waals surface area contributed by atoms with Gasteiger partial charge < -0.3 is 10.4 Å². The van der Waals surface area contributed by atoms with E-state index in [-0.39, 0.29) is 12.1 Å². The first-order chi connectivity index (χ1) is 16.3. The van der Waals surface area contributed by atoms with E-state index >= 15 is 0 Å². The Morgan fingerprint density at radius 1 is 0.576 bits per heavy atom. The maximum absolute atomic E-state index is 10.8. The van der Waals surface area contributed by atoms with Crippen molar-refractivity contribution in [3.63, 3.8) is 0 Å². The molecule has 0 heterocycles. The van der Waals surface area contributed by atoms with Crippen molar-refractivity contribution in [1.29, 1.82) is 5.26 Å². The molecule has 2 atom stereocenters. The fourth-order valence-corrected chi connectivity index (χ4v) is 4.76. The van der Waals surface area contributed by atoms with Crippen LogP contribution in [0.15, 0.2) is 0 Å². The molecule has 0 saturated heterocycles. The van der Waals surface area contributed by atoms with Crippen LogP contribution in [0.5, 0.6) is 0 Å². The number of aliphatic hydroxyl groups excluding tert-OH is 1. The normalized spacial score (nSPS) is 13.2. The van der Waals surface area contributed by atoms with Crippen LogP contribution in [0, 0.1) is 11.3 Å². The summed E-state index contributed by atoms with van der Waals surface area (Å²) in [6, 6.07) is 2.50. The van der Waals surface area contributed by atoms with Crippen LogP contribution >= 0.6 is 0 Å². The molecule has 0 rings (SSSR count). The maximum atomic E-state index is 10.8. The zero-order valence-electron chi connectivity index (χ0n) is 22.7. The molecule has 0 aromatic carbocycles. The third-order valence-corrected chi connectivity index (χ3v) is 7.06.